The van der Waals surface area contributed by atoms with Crippen LogP contribution in [0.15, 0.2) is 54.7 Å². The largest absolute Gasteiger partial charge is 0.368 e. The Kier molecular flexibility index (Phi) is 6.80. The van der Waals surface area contributed by atoms with Gasteiger partial charge in [-0.3, -0.25) is 0 Å². The van der Waals surface area contributed by atoms with Gasteiger partial charge in [0, 0.05) is 20.9 Å². The van der Waals surface area contributed by atoms with Gasteiger partial charge in [0.2, 0.25) is 5.95 Å². The molecule has 0 radical (unpaired) electrons. The number of nitrogens with one attached hydrogen (secondary N) is 2. The fraction of sp³-hybridized carbons (Fsp3) is 0.167. The van der Waals surface area contributed by atoms with E-state index >= 15 is 0 Å². The molecule has 0 saturated carbocycles. The van der Waals surface area contributed by atoms with Crippen molar-refractivity contribution in [3.8, 4) is 21.8 Å². The number of nitrogens with two attached hydrogens (primary N) is 1. The summed E-state index contributed by atoms with van der Waals surface area (Å²) in [5.41, 5.74) is 8.16. The van der Waals surface area contributed by atoms with E-state index in [9.17, 15) is 9.18 Å². The quantitative estimate of drug-likeness (QED) is 0.235. The topological polar surface area (TPSA) is 106 Å². The van der Waals surface area contributed by atoms with Crippen molar-refractivity contribution in [1.29, 1.82) is 0 Å². The van der Waals surface area contributed by atoms with Crippen LogP contribution in [0.3, 0.4) is 0 Å². The number of carbonyl (C=O) groups is 1. The van der Waals surface area contributed by atoms with Crippen LogP contribution in [0.25, 0.3) is 21.8 Å². The van der Waals surface area contributed by atoms with E-state index in [0.29, 0.717) is 22.6 Å². The number of urea groups is 1. The van der Waals surface area contributed by atoms with E-state index in [4.69, 9.17) is 10.7 Å². The number of halogens is 2. The third kappa shape index (κ3) is 5.50. The average molecular weight is 588 g/mol. The molecule has 174 valence electrons. The molecule has 0 fully saturated rings. The van der Waals surface area contributed by atoms with Crippen LogP contribution in [-0.4, -0.2) is 21.0 Å². The van der Waals surface area contributed by atoms with E-state index < -0.39 is 11.8 Å². The summed E-state index contributed by atoms with van der Waals surface area (Å²) >= 11 is 3.67. The zero-order valence-electron chi connectivity index (χ0n) is 18.7. The molecular formula is C24H22FIN6OS. The Bertz CT molecular complexity index is 1350. The molecule has 0 bridgehead atoms. The van der Waals surface area contributed by atoms with Gasteiger partial charge in [0.25, 0.3) is 0 Å². The van der Waals surface area contributed by atoms with Crippen molar-refractivity contribution in [3.63, 3.8) is 0 Å². The number of thiazole rings is 1. The first-order valence-electron chi connectivity index (χ1n) is 10.3. The molecule has 34 heavy (non-hydrogen) atoms. The average Bonchev–Trinajstić information content (AvgIpc) is 3.23. The molecule has 10 heteroatoms. The molecule has 0 spiro atoms. The molecule has 2 aromatic carbocycles. The second kappa shape index (κ2) is 9.63. The van der Waals surface area contributed by atoms with E-state index in [1.807, 2.05) is 12.1 Å². The normalized spacial score (nSPS) is 11.3. The summed E-state index contributed by atoms with van der Waals surface area (Å²) in [6, 6.07) is 13.1. The van der Waals surface area contributed by atoms with Gasteiger partial charge in [-0.25, -0.2) is 24.1 Å². The highest BCUT2D eigenvalue weighted by molar-refractivity contribution is 14.1. The number of nitrogens with zero attached hydrogens (tertiary/aromatic N) is 3. The molecule has 2 aromatic heterocycles. The van der Waals surface area contributed by atoms with Crippen LogP contribution in [0.1, 0.15) is 25.8 Å². The Morgan fingerprint density at radius 2 is 1.79 bits per heavy atom. The summed E-state index contributed by atoms with van der Waals surface area (Å²) in [6.07, 6.45) is 1.57. The number of benzene rings is 2. The Morgan fingerprint density at radius 1 is 1.06 bits per heavy atom. The summed E-state index contributed by atoms with van der Waals surface area (Å²) in [4.78, 5) is 26.4. The first kappa shape index (κ1) is 24.0. The van der Waals surface area contributed by atoms with Crippen LogP contribution in [-0.2, 0) is 5.41 Å². The molecule has 0 atom stereocenters. The third-order valence-corrected chi connectivity index (χ3v) is 7.01. The monoisotopic (exact) mass is 588 g/mol. The predicted molar refractivity (Wildman–Crippen MR) is 143 cm³/mol. The van der Waals surface area contributed by atoms with Crippen LogP contribution in [0, 0.1) is 9.39 Å². The summed E-state index contributed by atoms with van der Waals surface area (Å²) in [5.74, 6) is -0.405. The van der Waals surface area contributed by atoms with Crippen LogP contribution >= 0.6 is 33.9 Å². The lowest BCUT2D eigenvalue weighted by molar-refractivity contribution is 0.262. The first-order chi connectivity index (χ1) is 16.1. The van der Waals surface area contributed by atoms with E-state index in [0.717, 1.165) is 13.5 Å². The van der Waals surface area contributed by atoms with E-state index in [1.54, 1.807) is 36.5 Å². The van der Waals surface area contributed by atoms with Gasteiger partial charge in [0.05, 0.1) is 21.3 Å². The highest BCUT2D eigenvalue weighted by Gasteiger charge is 2.24. The number of carbonyl (C=O) groups excluding carboxylic acids is 1. The van der Waals surface area contributed by atoms with Crippen LogP contribution in [0.4, 0.5) is 26.5 Å². The van der Waals surface area contributed by atoms with E-state index in [1.165, 1.54) is 17.4 Å². The van der Waals surface area contributed by atoms with Crippen LogP contribution in [0.5, 0.6) is 0 Å². The number of nitrogen functional groups attached to an aromatic ring is 1. The van der Waals surface area contributed by atoms with E-state index in [2.05, 4.69) is 64.0 Å². The lowest BCUT2D eigenvalue weighted by Crippen LogP contribution is -2.20. The Labute approximate surface area is 214 Å². The summed E-state index contributed by atoms with van der Waals surface area (Å²) in [5, 5.41) is 6.20. The second-order valence-electron chi connectivity index (χ2n) is 8.53. The molecule has 2 amide bonds. The predicted octanol–water partition coefficient (Wildman–Crippen LogP) is 6.53. The van der Waals surface area contributed by atoms with Crippen molar-refractivity contribution in [1.82, 2.24) is 15.0 Å². The zero-order valence-corrected chi connectivity index (χ0v) is 21.7. The second-order valence-corrected chi connectivity index (χ2v) is 10.8. The smallest absolute Gasteiger partial charge is 0.323 e. The van der Waals surface area contributed by atoms with Crippen LogP contribution < -0.4 is 16.4 Å². The van der Waals surface area contributed by atoms with Crippen molar-refractivity contribution in [3.05, 3.63) is 69.1 Å². The first-order valence-corrected chi connectivity index (χ1v) is 12.2. The standard InChI is InChI=1S/C24H22FIN6OS/c1-24(2,3)21-32-19(17-10-11-28-22(27)30-17)20(34-21)13-4-9-16(25)18(12-13)31-23(33)29-15-7-5-14(26)6-8-15/h4-12H,1-3H3,(H2,27,28,30)(H2,29,31,33). The molecule has 4 rings (SSSR count). The summed E-state index contributed by atoms with van der Waals surface area (Å²) < 4.78 is 15.7. The number of amides is 2. The lowest BCUT2D eigenvalue weighted by atomic mass is 9.98. The van der Waals surface area contributed by atoms with Crippen molar-refractivity contribution in [2.24, 2.45) is 0 Å². The van der Waals surface area contributed by atoms with E-state index in [-0.39, 0.29) is 17.1 Å². The van der Waals surface area contributed by atoms with Gasteiger partial charge in [-0.2, -0.15) is 0 Å². The van der Waals surface area contributed by atoms with Gasteiger partial charge >= 0.3 is 6.03 Å². The highest BCUT2D eigenvalue weighted by Crippen LogP contribution is 2.41. The number of anilines is 3. The molecule has 0 saturated heterocycles. The number of hydrogen-bond donors (Lipinski definition) is 3. The lowest BCUT2D eigenvalue weighted by Gasteiger charge is -2.13. The Hall–Kier alpha value is -3.12. The molecule has 7 nitrogen and oxygen atoms in total. The van der Waals surface area contributed by atoms with Gasteiger partial charge < -0.3 is 16.4 Å². The minimum atomic E-state index is -0.546. The van der Waals surface area contributed by atoms with Gasteiger partial charge in [0.15, 0.2) is 0 Å². The highest BCUT2D eigenvalue weighted by atomic mass is 127. The van der Waals surface area contributed by atoms with Crippen LogP contribution in [0.2, 0.25) is 0 Å². The molecule has 0 aliphatic rings. The van der Waals surface area contributed by atoms with Gasteiger partial charge in [-0.1, -0.05) is 26.8 Å². The molecule has 0 aliphatic carbocycles. The van der Waals surface area contributed by atoms with Gasteiger partial charge in [0.1, 0.15) is 11.5 Å². The minimum absolute atomic E-state index is 0.0550. The molecule has 4 N–H and O–H groups in total. The maximum atomic E-state index is 14.6. The number of rotatable bonds is 4. The van der Waals surface area contributed by atoms with Crippen molar-refractivity contribution in [2.45, 2.75) is 26.2 Å². The third-order valence-electron chi connectivity index (χ3n) is 4.76. The molecule has 0 unspecified atom stereocenters. The maximum Gasteiger partial charge on any atom is 0.323 e. The summed E-state index contributed by atoms with van der Waals surface area (Å²) in [6.45, 7) is 6.21. The fourth-order valence-corrected chi connectivity index (χ4v) is 4.58. The minimum Gasteiger partial charge on any atom is -0.368 e. The maximum absolute atomic E-state index is 14.6. The number of hydrogen-bond acceptors (Lipinski definition) is 6. The molecule has 4 aromatic rings. The van der Waals surface area contributed by atoms with Crippen molar-refractivity contribution >= 4 is 57.3 Å². The van der Waals surface area contributed by atoms with Crippen molar-refractivity contribution < 1.29 is 9.18 Å². The molecule has 2 heterocycles. The van der Waals surface area contributed by atoms with Crippen molar-refractivity contribution in [2.75, 3.05) is 16.4 Å². The zero-order chi connectivity index (χ0) is 24.5. The Balaban J connectivity index is 1.69. The summed E-state index contributed by atoms with van der Waals surface area (Å²) in [7, 11) is 0. The molecule has 0 aliphatic heterocycles. The SMILES string of the molecule is CC(C)(C)c1nc(-c2ccnc(N)n2)c(-c2ccc(F)c(NC(=O)Nc3ccc(I)cc3)c2)s1. The Morgan fingerprint density at radius 3 is 2.47 bits per heavy atom. The molecular weight excluding hydrogens is 566 g/mol. The number of aromatic nitrogens is 3. The fourth-order valence-electron chi connectivity index (χ4n) is 3.10. The van der Waals surface area contributed by atoms with Gasteiger partial charge in [-0.15, -0.1) is 11.3 Å². The van der Waals surface area contributed by atoms with Gasteiger partial charge in [-0.05, 0) is 70.6 Å².